The van der Waals surface area contributed by atoms with Gasteiger partial charge in [0.15, 0.2) is 0 Å². The number of amides is 1. The number of halogens is 1. The summed E-state index contributed by atoms with van der Waals surface area (Å²) in [6.45, 7) is 3.39. The van der Waals surface area contributed by atoms with Crippen molar-refractivity contribution in [2.45, 2.75) is 50.0 Å². The second-order valence-electron chi connectivity index (χ2n) is 9.42. The summed E-state index contributed by atoms with van der Waals surface area (Å²) in [5, 5.41) is 3.87. The summed E-state index contributed by atoms with van der Waals surface area (Å²) in [6, 6.07) is 17.0. The van der Waals surface area contributed by atoms with E-state index in [1.807, 2.05) is 24.3 Å². The molecule has 0 spiro atoms. The van der Waals surface area contributed by atoms with Crippen molar-refractivity contribution in [2.24, 2.45) is 5.92 Å². The average Bonchev–Trinajstić information content (AvgIpc) is 3.35. The molecule has 1 N–H and O–H groups in total. The summed E-state index contributed by atoms with van der Waals surface area (Å²) >= 11 is 6.07. The number of hydrogen-bond acceptors (Lipinski definition) is 4. The van der Waals surface area contributed by atoms with Gasteiger partial charge < -0.3 is 14.8 Å². The molecular weight excluding hydrogens is 424 g/mol. The number of rotatable bonds is 5. The van der Waals surface area contributed by atoms with Gasteiger partial charge in [-0.2, -0.15) is 0 Å². The lowest BCUT2D eigenvalue weighted by molar-refractivity contribution is -0.166. The first kappa shape index (κ1) is 21.9. The van der Waals surface area contributed by atoms with Crippen LogP contribution in [0.1, 0.15) is 41.9 Å². The molecule has 32 heavy (non-hydrogen) atoms. The zero-order valence-electron chi connectivity index (χ0n) is 18.7. The normalized spacial score (nSPS) is 29.2. The number of piperidine rings is 1. The van der Waals surface area contributed by atoms with Crippen LogP contribution in [0.4, 0.5) is 0 Å². The van der Waals surface area contributed by atoms with Crippen LogP contribution in [0.2, 0.25) is 5.02 Å². The van der Waals surface area contributed by atoms with Crippen molar-refractivity contribution in [2.75, 3.05) is 26.8 Å². The molecule has 0 aromatic heterocycles. The monoisotopic (exact) mass is 454 g/mol. The Kier molecular flexibility index (Phi) is 6.01. The Morgan fingerprint density at radius 2 is 1.78 bits per heavy atom. The van der Waals surface area contributed by atoms with Gasteiger partial charge in [0.05, 0.1) is 25.7 Å². The Balaban J connectivity index is 1.38. The first-order valence-electron chi connectivity index (χ1n) is 11.6. The third-order valence-electron chi connectivity index (χ3n) is 7.61. The molecule has 6 heteroatoms. The largest absolute Gasteiger partial charge is 0.350 e. The number of fused-ring (bicyclic) bond motifs is 2. The van der Waals surface area contributed by atoms with Gasteiger partial charge in [-0.1, -0.05) is 53.6 Å². The fourth-order valence-corrected chi connectivity index (χ4v) is 5.96. The summed E-state index contributed by atoms with van der Waals surface area (Å²) in [5.41, 5.74) is 3.38. The van der Waals surface area contributed by atoms with Crippen molar-refractivity contribution in [3.05, 3.63) is 70.2 Å². The van der Waals surface area contributed by atoms with Gasteiger partial charge in [-0.05, 0) is 56.8 Å². The number of aryl methyl sites for hydroxylation is 1. The Morgan fingerprint density at radius 1 is 1.09 bits per heavy atom. The quantitative estimate of drug-likeness (QED) is 0.734. The fraction of sp³-hybridized carbons (Fsp3) is 0.500. The Hall–Kier alpha value is -1.92. The Morgan fingerprint density at radius 3 is 2.47 bits per heavy atom. The van der Waals surface area contributed by atoms with Gasteiger partial charge in [-0.3, -0.25) is 9.69 Å². The number of hydrogen-bond donors (Lipinski definition) is 1. The van der Waals surface area contributed by atoms with Gasteiger partial charge >= 0.3 is 0 Å². The highest BCUT2D eigenvalue weighted by Crippen LogP contribution is 2.46. The van der Waals surface area contributed by atoms with E-state index in [1.54, 1.807) is 0 Å². The maximum absolute atomic E-state index is 13.7. The van der Waals surface area contributed by atoms with Crippen LogP contribution in [-0.2, 0) is 20.1 Å². The molecule has 2 aromatic carbocycles. The molecule has 3 aliphatic rings. The van der Waals surface area contributed by atoms with Crippen LogP contribution in [0.3, 0.4) is 0 Å². The maximum atomic E-state index is 13.7. The highest BCUT2D eigenvalue weighted by molar-refractivity contribution is 6.30. The number of nitrogens with one attached hydrogen (secondary N) is 1. The summed E-state index contributed by atoms with van der Waals surface area (Å²) in [5.74, 6) is -0.746. The van der Waals surface area contributed by atoms with Crippen molar-refractivity contribution in [3.8, 4) is 0 Å². The van der Waals surface area contributed by atoms with E-state index in [2.05, 4.69) is 48.5 Å². The zero-order chi connectivity index (χ0) is 22.3. The summed E-state index contributed by atoms with van der Waals surface area (Å²) in [4.78, 5) is 16.1. The molecule has 0 radical (unpaired) electrons. The van der Waals surface area contributed by atoms with E-state index in [4.69, 9.17) is 21.1 Å². The number of nitrogens with zero attached hydrogens (tertiary/aromatic N) is 1. The molecule has 3 saturated heterocycles. The molecule has 5 nitrogen and oxygen atoms in total. The van der Waals surface area contributed by atoms with E-state index in [0.29, 0.717) is 24.3 Å². The molecule has 0 saturated carbocycles. The summed E-state index contributed by atoms with van der Waals surface area (Å²) < 4.78 is 12.0. The van der Waals surface area contributed by atoms with Crippen LogP contribution in [0, 0.1) is 12.8 Å². The maximum Gasteiger partial charge on any atom is 0.225 e. The number of carbonyl (C=O) groups is 1. The molecule has 3 aliphatic heterocycles. The van der Waals surface area contributed by atoms with Crippen LogP contribution in [0.25, 0.3) is 0 Å². The number of carbonyl (C=O) groups excluding carboxylic acids is 1. The highest BCUT2D eigenvalue weighted by Gasteiger charge is 2.49. The molecule has 170 valence electrons. The van der Waals surface area contributed by atoms with Gasteiger partial charge in [0.1, 0.15) is 0 Å². The lowest BCUT2D eigenvalue weighted by atomic mass is 9.75. The molecule has 2 bridgehead atoms. The predicted molar refractivity (Wildman–Crippen MR) is 125 cm³/mol. The van der Waals surface area contributed by atoms with E-state index in [0.717, 1.165) is 24.8 Å². The van der Waals surface area contributed by atoms with Gasteiger partial charge in [0.25, 0.3) is 0 Å². The van der Waals surface area contributed by atoms with Crippen LogP contribution in [0.15, 0.2) is 48.5 Å². The molecule has 2 aromatic rings. The molecule has 5 rings (SSSR count). The van der Waals surface area contributed by atoms with Gasteiger partial charge in [-0.15, -0.1) is 0 Å². The third-order valence-corrected chi connectivity index (χ3v) is 7.86. The van der Waals surface area contributed by atoms with Gasteiger partial charge in [0.2, 0.25) is 11.7 Å². The van der Waals surface area contributed by atoms with Crippen molar-refractivity contribution in [1.82, 2.24) is 10.2 Å². The number of ether oxygens (including phenoxy) is 2. The van der Waals surface area contributed by atoms with Gasteiger partial charge in [-0.25, -0.2) is 0 Å². The van der Waals surface area contributed by atoms with E-state index < -0.39 is 5.79 Å². The van der Waals surface area contributed by atoms with E-state index in [9.17, 15) is 4.79 Å². The zero-order valence-corrected chi connectivity index (χ0v) is 19.5. The SMILES string of the molecule is Cc1ccc([C@H]2C[C@@H]3CC[C@H]([C@H]2C(=O)NCC2(c4ccc(Cl)cc4)OCCO2)N3C)cc1. The summed E-state index contributed by atoms with van der Waals surface area (Å²) in [7, 11) is 2.17. The second-order valence-corrected chi connectivity index (χ2v) is 9.85. The topological polar surface area (TPSA) is 50.8 Å². The van der Waals surface area contributed by atoms with E-state index >= 15 is 0 Å². The summed E-state index contributed by atoms with van der Waals surface area (Å²) in [6.07, 6.45) is 3.24. The highest BCUT2D eigenvalue weighted by atomic mass is 35.5. The molecule has 4 atom stereocenters. The molecule has 0 unspecified atom stereocenters. The Labute approximate surface area is 195 Å². The van der Waals surface area contributed by atoms with Crippen molar-refractivity contribution < 1.29 is 14.3 Å². The lowest BCUT2D eigenvalue weighted by Gasteiger charge is -2.42. The lowest BCUT2D eigenvalue weighted by Crippen LogP contribution is -2.53. The Bertz CT molecular complexity index is 956. The van der Waals surface area contributed by atoms with Crippen molar-refractivity contribution in [1.29, 1.82) is 0 Å². The first-order chi connectivity index (χ1) is 15.5. The molecular formula is C26H31ClN2O3. The van der Waals surface area contributed by atoms with E-state index in [-0.39, 0.29) is 30.3 Å². The molecule has 1 amide bonds. The second kappa shape index (κ2) is 8.79. The molecule has 3 fully saturated rings. The van der Waals surface area contributed by atoms with E-state index in [1.165, 1.54) is 11.1 Å². The minimum atomic E-state index is -0.960. The van der Waals surface area contributed by atoms with Gasteiger partial charge in [0, 0.05) is 22.7 Å². The fourth-order valence-electron chi connectivity index (χ4n) is 5.83. The standard InChI is InChI=1S/C26H31ClN2O3/c1-17-3-5-18(6-4-17)22-15-21-11-12-23(29(21)2)24(22)25(30)28-16-26(31-13-14-32-26)19-7-9-20(27)10-8-19/h3-10,21-24H,11-16H2,1-2H3,(H,28,30)/t21-,22+,23+,24-/m0/s1. The molecule has 0 aliphatic carbocycles. The molecule has 3 heterocycles. The number of benzene rings is 2. The minimum absolute atomic E-state index is 0.0835. The van der Waals surface area contributed by atoms with Crippen LogP contribution >= 0.6 is 11.6 Å². The van der Waals surface area contributed by atoms with Crippen molar-refractivity contribution >= 4 is 17.5 Å². The minimum Gasteiger partial charge on any atom is -0.350 e. The smallest absolute Gasteiger partial charge is 0.225 e. The first-order valence-corrected chi connectivity index (χ1v) is 11.9. The van der Waals surface area contributed by atoms with Crippen LogP contribution < -0.4 is 5.32 Å². The average molecular weight is 455 g/mol. The van der Waals surface area contributed by atoms with Crippen molar-refractivity contribution in [3.63, 3.8) is 0 Å². The van der Waals surface area contributed by atoms with Crippen LogP contribution in [0.5, 0.6) is 0 Å². The third kappa shape index (κ3) is 3.96. The van der Waals surface area contributed by atoms with Crippen LogP contribution in [-0.4, -0.2) is 49.7 Å². The predicted octanol–water partition coefficient (Wildman–Crippen LogP) is 4.23.